The minimum absolute atomic E-state index is 0.0435. The number of aryl methyl sites for hydroxylation is 1. The molecular formula is C20H28N6O2. The first-order chi connectivity index (χ1) is 13.6. The number of hydrogen-bond acceptors (Lipinski definition) is 7. The topological polar surface area (TPSA) is 69.0 Å². The predicted molar refractivity (Wildman–Crippen MR) is 108 cm³/mol. The van der Waals surface area contributed by atoms with Crippen molar-refractivity contribution in [3.63, 3.8) is 0 Å². The van der Waals surface area contributed by atoms with Gasteiger partial charge in [0, 0.05) is 58.4 Å². The average Bonchev–Trinajstić information content (AvgIpc) is 3.28. The van der Waals surface area contributed by atoms with Crippen LogP contribution in [0.2, 0.25) is 0 Å². The van der Waals surface area contributed by atoms with Crippen LogP contribution in [0.4, 0.5) is 11.6 Å². The molecule has 0 saturated carbocycles. The Morgan fingerprint density at radius 3 is 2.14 bits per heavy atom. The lowest BCUT2D eigenvalue weighted by molar-refractivity contribution is 0.0714. The van der Waals surface area contributed by atoms with Crippen LogP contribution >= 0.6 is 0 Å². The molecule has 2 aliphatic heterocycles. The fraction of sp³-hybridized carbons (Fsp3) is 0.550. The van der Waals surface area contributed by atoms with E-state index in [0.29, 0.717) is 18.8 Å². The molecule has 0 radical (unpaired) electrons. The van der Waals surface area contributed by atoms with Gasteiger partial charge in [-0.1, -0.05) is 6.92 Å². The molecule has 0 bridgehead atoms. The highest BCUT2D eigenvalue weighted by molar-refractivity contribution is 5.91. The number of nitrogens with zero attached hydrogens (tertiary/aromatic N) is 6. The Hall–Kier alpha value is -2.61. The summed E-state index contributed by atoms with van der Waals surface area (Å²) in [5, 5.41) is 0. The Bertz CT molecular complexity index is 793. The highest BCUT2D eigenvalue weighted by Gasteiger charge is 2.25. The summed E-state index contributed by atoms with van der Waals surface area (Å²) in [5.74, 6) is 3.11. The van der Waals surface area contributed by atoms with Gasteiger partial charge in [-0.2, -0.15) is 0 Å². The van der Waals surface area contributed by atoms with E-state index < -0.39 is 0 Å². The average molecular weight is 384 g/mol. The summed E-state index contributed by atoms with van der Waals surface area (Å²) >= 11 is 0. The van der Waals surface area contributed by atoms with E-state index in [1.54, 1.807) is 12.1 Å². The second-order valence-corrected chi connectivity index (χ2v) is 7.31. The van der Waals surface area contributed by atoms with Crippen LogP contribution in [0.3, 0.4) is 0 Å². The summed E-state index contributed by atoms with van der Waals surface area (Å²) in [6.07, 6.45) is 1.54. The van der Waals surface area contributed by atoms with Gasteiger partial charge in [-0.3, -0.25) is 4.79 Å². The lowest BCUT2D eigenvalue weighted by Crippen LogP contribution is -2.49. The first-order valence-electron chi connectivity index (χ1n) is 10.0. The van der Waals surface area contributed by atoms with Gasteiger partial charge in [0.2, 0.25) is 0 Å². The van der Waals surface area contributed by atoms with Crippen LogP contribution in [0, 0.1) is 6.92 Å². The SMILES string of the molecule is CCN1CCN(c2cc(N3CCN(C(=O)c4ccco4)CC3)nc(C)n2)CC1. The highest BCUT2D eigenvalue weighted by atomic mass is 16.3. The molecule has 2 aromatic rings. The number of rotatable bonds is 4. The molecule has 2 aromatic heterocycles. The molecule has 1 amide bonds. The van der Waals surface area contributed by atoms with Gasteiger partial charge in [0.1, 0.15) is 17.5 Å². The van der Waals surface area contributed by atoms with Gasteiger partial charge in [-0.25, -0.2) is 9.97 Å². The number of likely N-dealkylation sites (N-methyl/N-ethyl adjacent to an activating group) is 1. The van der Waals surface area contributed by atoms with Crippen LogP contribution in [-0.4, -0.2) is 84.6 Å². The number of anilines is 2. The van der Waals surface area contributed by atoms with Crippen LogP contribution < -0.4 is 9.80 Å². The predicted octanol–water partition coefficient (Wildman–Crippen LogP) is 1.48. The number of carbonyl (C=O) groups is 1. The minimum atomic E-state index is -0.0435. The van der Waals surface area contributed by atoms with Crippen molar-refractivity contribution >= 4 is 17.5 Å². The third-order valence-electron chi connectivity index (χ3n) is 5.58. The maximum Gasteiger partial charge on any atom is 0.289 e. The molecule has 2 fully saturated rings. The largest absolute Gasteiger partial charge is 0.459 e. The summed E-state index contributed by atoms with van der Waals surface area (Å²) in [6.45, 7) is 12.2. The number of piperazine rings is 2. The minimum Gasteiger partial charge on any atom is -0.459 e. The van der Waals surface area contributed by atoms with E-state index in [0.717, 1.165) is 63.3 Å². The molecular weight excluding hydrogens is 356 g/mol. The number of carbonyl (C=O) groups excluding carboxylic acids is 1. The molecule has 2 saturated heterocycles. The summed E-state index contributed by atoms with van der Waals surface area (Å²) in [4.78, 5) is 30.7. The van der Waals surface area contributed by atoms with Crippen LogP contribution in [0.1, 0.15) is 23.3 Å². The fourth-order valence-electron chi connectivity index (χ4n) is 3.85. The van der Waals surface area contributed by atoms with E-state index >= 15 is 0 Å². The normalized spacial score (nSPS) is 18.6. The molecule has 4 rings (SSSR count). The van der Waals surface area contributed by atoms with Gasteiger partial charge in [0.15, 0.2) is 5.76 Å². The maximum absolute atomic E-state index is 12.4. The molecule has 8 heteroatoms. The molecule has 0 N–H and O–H groups in total. The van der Waals surface area contributed by atoms with Gasteiger partial charge in [-0.15, -0.1) is 0 Å². The van der Waals surface area contributed by atoms with Crippen LogP contribution in [0.25, 0.3) is 0 Å². The molecule has 8 nitrogen and oxygen atoms in total. The van der Waals surface area contributed by atoms with Crippen LogP contribution in [0.15, 0.2) is 28.9 Å². The summed E-state index contributed by atoms with van der Waals surface area (Å²) < 4.78 is 5.24. The fourth-order valence-corrected chi connectivity index (χ4v) is 3.85. The molecule has 150 valence electrons. The zero-order chi connectivity index (χ0) is 19.5. The number of hydrogen-bond donors (Lipinski definition) is 0. The van der Waals surface area contributed by atoms with Crippen molar-refractivity contribution in [3.8, 4) is 0 Å². The molecule has 0 atom stereocenters. The Balaban J connectivity index is 1.41. The lowest BCUT2D eigenvalue weighted by Gasteiger charge is -2.37. The first kappa shape index (κ1) is 18.7. The second kappa shape index (κ2) is 8.18. The molecule has 0 spiro atoms. The van der Waals surface area contributed by atoms with Gasteiger partial charge in [-0.05, 0) is 25.6 Å². The maximum atomic E-state index is 12.4. The Labute approximate surface area is 165 Å². The molecule has 28 heavy (non-hydrogen) atoms. The zero-order valence-electron chi connectivity index (χ0n) is 16.7. The second-order valence-electron chi connectivity index (χ2n) is 7.31. The van der Waals surface area contributed by atoms with E-state index in [1.165, 1.54) is 6.26 Å². The van der Waals surface area contributed by atoms with Gasteiger partial charge in [0.05, 0.1) is 6.26 Å². The Morgan fingerprint density at radius 2 is 1.61 bits per heavy atom. The van der Waals surface area contributed by atoms with Crippen molar-refractivity contribution in [3.05, 3.63) is 36.0 Å². The van der Waals surface area contributed by atoms with Gasteiger partial charge >= 0.3 is 0 Å². The van der Waals surface area contributed by atoms with Crippen LogP contribution in [0.5, 0.6) is 0 Å². The van der Waals surface area contributed by atoms with Gasteiger partial charge in [0.25, 0.3) is 5.91 Å². The van der Waals surface area contributed by atoms with Gasteiger partial charge < -0.3 is 24.0 Å². The molecule has 0 aliphatic carbocycles. The lowest BCUT2D eigenvalue weighted by atomic mass is 10.2. The number of amides is 1. The van der Waals surface area contributed by atoms with Crippen molar-refractivity contribution in [2.75, 3.05) is 68.7 Å². The standard InChI is InChI=1S/C20H28N6O2/c1-3-23-6-8-24(9-7-23)18-15-19(22-16(2)21-18)25-10-12-26(13-11-25)20(27)17-5-4-14-28-17/h4-5,14-15H,3,6-13H2,1-2H3. The number of aromatic nitrogens is 2. The van der Waals surface area contributed by atoms with E-state index in [1.807, 2.05) is 11.8 Å². The summed E-state index contributed by atoms with van der Waals surface area (Å²) in [7, 11) is 0. The first-order valence-corrected chi connectivity index (χ1v) is 10.0. The van der Waals surface area contributed by atoms with Crippen molar-refractivity contribution < 1.29 is 9.21 Å². The molecule has 2 aliphatic rings. The van der Waals surface area contributed by atoms with Crippen molar-refractivity contribution in [1.29, 1.82) is 0 Å². The monoisotopic (exact) mass is 384 g/mol. The molecule has 4 heterocycles. The molecule has 0 aromatic carbocycles. The highest BCUT2D eigenvalue weighted by Crippen LogP contribution is 2.22. The summed E-state index contributed by atoms with van der Waals surface area (Å²) in [5.41, 5.74) is 0. The summed E-state index contributed by atoms with van der Waals surface area (Å²) in [6, 6.07) is 5.56. The molecule has 0 unspecified atom stereocenters. The Morgan fingerprint density at radius 1 is 1.00 bits per heavy atom. The zero-order valence-corrected chi connectivity index (χ0v) is 16.7. The quantitative estimate of drug-likeness (QED) is 0.791. The van der Waals surface area contributed by atoms with E-state index in [9.17, 15) is 4.79 Å². The third-order valence-corrected chi connectivity index (χ3v) is 5.58. The van der Waals surface area contributed by atoms with Crippen LogP contribution in [-0.2, 0) is 0 Å². The third kappa shape index (κ3) is 3.96. The van der Waals surface area contributed by atoms with Crippen molar-refractivity contribution in [1.82, 2.24) is 19.8 Å². The van der Waals surface area contributed by atoms with E-state index in [2.05, 4.69) is 37.7 Å². The van der Waals surface area contributed by atoms with Crippen molar-refractivity contribution in [2.45, 2.75) is 13.8 Å². The Kier molecular flexibility index (Phi) is 5.47. The number of furan rings is 1. The van der Waals surface area contributed by atoms with E-state index in [4.69, 9.17) is 4.42 Å². The smallest absolute Gasteiger partial charge is 0.289 e. The van der Waals surface area contributed by atoms with E-state index in [-0.39, 0.29) is 5.91 Å². The van der Waals surface area contributed by atoms with Crippen molar-refractivity contribution in [2.24, 2.45) is 0 Å².